The van der Waals surface area contributed by atoms with Gasteiger partial charge in [0, 0.05) is 85.8 Å². The number of amides is 2. The minimum atomic E-state index is -0.130. The van der Waals surface area contributed by atoms with Crippen molar-refractivity contribution in [1.29, 1.82) is 0 Å². The SMILES string of the molecule is COCCCCCCN1C(=O)C2=C(c3cccc(N(c4ccccc4)c4ccccc4)c3)N(CCCCCCOC)C(=O)C2=C1c1cccc(N(c2ccccc2)c2ccccc2)c1. The fourth-order valence-electron chi connectivity index (χ4n) is 8.95. The molecule has 64 heavy (non-hydrogen) atoms. The van der Waals surface area contributed by atoms with E-state index in [0.717, 1.165) is 96.6 Å². The Morgan fingerprint density at radius 1 is 0.375 bits per heavy atom. The first-order chi connectivity index (χ1) is 31.6. The average molecular weight is 851 g/mol. The minimum absolute atomic E-state index is 0.130. The summed E-state index contributed by atoms with van der Waals surface area (Å²) in [5.41, 5.74) is 9.87. The van der Waals surface area contributed by atoms with Crippen molar-refractivity contribution in [2.24, 2.45) is 0 Å². The van der Waals surface area contributed by atoms with Gasteiger partial charge in [-0.2, -0.15) is 0 Å². The number of hydrogen-bond acceptors (Lipinski definition) is 6. The van der Waals surface area contributed by atoms with Gasteiger partial charge in [0.05, 0.1) is 22.5 Å². The highest BCUT2D eigenvalue weighted by molar-refractivity contribution is 6.30. The molecule has 0 N–H and O–H groups in total. The predicted molar refractivity (Wildman–Crippen MR) is 260 cm³/mol. The molecule has 2 heterocycles. The average Bonchev–Trinajstić information content (AvgIpc) is 3.79. The summed E-state index contributed by atoms with van der Waals surface area (Å²) in [6.45, 7) is 2.41. The molecule has 0 radical (unpaired) electrons. The number of para-hydroxylation sites is 4. The molecule has 0 atom stereocenters. The van der Waals surface area contributed by atoms with Gasteiger partial charge in [0.15, 0.2) is 0 Å². The third kappa shape index (κ3) is 9.74. The van der Waals surface area contributed by atoms with Crippen LogP contribution in [0.4, 0.5) is 34.1 Å². The number of hydrogen-bond donors (Lipinski definition) is 0. The molecule has 0 saturated heterocycles. The first-order valence-electron chi connectivity index (χ1n) is 22.7. The molecule has 0 unspecified atom stereocenters. The predicted octanol–water partition coefficient (Wildman–Crippen LogP) is 12.8. The summed E-state index contributed by atoms with van der Waals surface area (Å²) in [6.07, 6.45) is 7.40. The molecule has 0 saturated carbocycles. The van der Waals surface area contributed by atoms with Crippen molar-refractivity contribution in [3.8, 4) is 0 Å². The summed E-state index contributed by atoms with van der Waals surface area (Å²) >= 11 is 0. The van der Waals surface area contributed by atoms with Gasteiger partial charge in [-0.15, -0.1) is 0 Å². The minimum Gasteiger partial charge on any atom is -0.385 e. The van der Waals surface area contributed by atoms with Crippen LogP contribution < -0.4 is 9.80 Å². The van der Waals surface area contributed by atoms with Crippen LogP contribution >= 0.6 is 0 Å². The second-order valence-electron chi connectivity index (χ2n) is 16.3. The van der Waals surface area contributed by atoms with E-state index >= 15 is 9.59 Å². The van der Waals surface area contributed by atoms with Crippen molar-refractivity contribution < 1.29 is 19.1 Å². The largest absolute Gasteiger partial charge is 0.385 e. The lowest BCUT2D eigenvalue weighted by molar-refractivity contribution is -0.124. The molecule has 8 heteroatoms. The van der Waals surface area contributed by atoms with Crippen LogP contribution in [0.5, 0.6) is 0 Å². The molecule has 8 rings (SSSR count). The number of ether oxygens (including phenoxy) is 2. The molecule has 2 amide bonds. The molecule has 326 valence electrons. The van der Waals surface area contributed by atoms with Crippen molar-refractivity contribution in [3.05, 3.63) is 192 Å². The molecular weight excluding hydrogens is 793 g/mol. The van der Waals surface area contributed by atoms with Gasteiger partial charge in [-0.1, -0.05) is 123 Å². The number of carbonyl (C=O) groups excluding carboxylic acids is 2. The highest BCUT2D eigenvalue weighted by Gasteiger charge is 2.48. The zero-order chi connectivity index (χ0) is 44.1. The first-order valence-corrected chi connectivity index (χ1v) is 22.7. The van der Waals surface area contributed by atoms with E-state index in [1.165, 1.54) is 0 Å². The highest BCUT2D eigenvalue weighted by atomic mass is 16.5. The summed E-state index contributed by atoms with van der Waals surface area (Å²) < 4.78 is 10.7. The molecule has 0 aromatic heterocycles. The van der Waals surface area contributed by atoms with Crippen molar-refractivity contribution in [2.75, 3.05) is 50.3 Å². The van der Waals surface area contributed by atoms with E-state index in [9.17, 15) is 0 Å². The topological polar surface area (TPSA) is 65.6 Å². The van der Waals surface area contributed by atoms with Crippen LogP contribution in [-0.2, 0) is 19.1 Å². The van der Waals surface area contributed by atoms with Gasteiger partial charge >= 0.3 is 0 Å². The van der Waals surface area contributed by atoms with E-state index < -0.39 is 0 Å². The van der Waals surface area contributed by atoms with Crippen LogP contribution in [0.3, 0.4) is 0 Å². The zero-order valence-corrected chi connectivity index (χ0v) is 37.1. The Morgan fingerprint density at radius 2 is 0.688 bits per heavy atom. The van der Waals surface area contributed by atoms with Crippen molar-refractivity contribution in [1.82, 2.24) is 9.80 Å². The van der Waals surface area contributed by atoms with Crippen molar-refractivity contribution in [3.63, 3.8) is 0 Å². The Morgan fingerprint density at radius 3 is 1.02 bits per heavy atom. The Balaban J connectivity index is 1.27. The van der Waals surface area contributed by atoms with E-state index in [4.69, 9.17) is 9.47 Å². The summed E-state index contributed by atoms with van der Waals surface area (Å²) in [7, 11) is 3.46. The van der Waals surface area contributed by atoms with Crippen molar-refractivity contribution in [2.45, 2.75) is 51.4 Å². The molecule has 6 aromatic carbocycles. The third-order valence-corrected chi connectivity index (χ3v) is 12.0. The van der Waals surface area contributed by atoms with Crippen LogP contribution in [0.25, 0.3) is 11.4 Å². The lowest BCUT2D eigenvalue weighted by Gasteiger charge is -2.28. The number of methoxy groups -OCH3 is 2. The number of unbranched alkanes of at least 4 members (excludes halogenated alkanes) is 6. The molecule has 0 bridgehead atoms. The third-order valence-electron chi connectivity index (χ3n) is 12.0. The Labute approximate surface area is 378 Å². The van der Waals surface area contributed by atoms with Crippen LogP contribution in [0, 0.1) is 0 Å². The van der Waals surface area contributed by atoms with Crippen LogP contribution in [0.15, 0.2) is 181 Å². The van der Waals surface area contributed by atoms with E-state index in [2.05, 4.69) is 82.6 Å². The fraction of sp³-hybridized carbons (Fsp3) is 0.250. The van der Waals surface area contributed by atoms with Crippen molar-refractivity contribution >= 4 is 57.3 Å². The van der Waals surface area contributed by atoms with E-state index in [1.807, 2.05) is 107 Å². The lowest BCUT2D eigenvalue weighted by Crippen LogP contribution is -2.31. The van der Waals surface area contributed by atoms with Gasteiger partial charge < -0.3 is 29.1 Å². The van der Waals surface area contributed by atoms with Gasteiger partial charge in [0.2, 0.25) is 0 Å². The molecule has 2 aliphatic heterocycles. The van der Waals surface area contributed by atoms with Gasteiger partial charge in [-0.3, -0.25) is 9.59 Å². The van der Waals surface area contributed by atoms with E-state index in [0.29, 0.717) is 48.8 Å². The lowest BCUT2D eigenvalue weighted by atomic mass is 10.0. The second kappa shape index (κ2) is 21.6. The molecular formula is C56H58N4O4. The number of nitrogens with zero attached hydrogens (tertiary/aromatic N) is 4. The maximum absolute atomic E-state index is 15.4. The number of rotatable bonds is 22. The quantitative estimate of drug-likeness (QED) is 0.0634. The standard InChI is InChI=1S/C56H58N4O4/c1-63-39-21-5-3-19-37-57-53(43-25-23-35-49(41-43)59(45-27-11-7-12-28-45)46-29-13-8-14-30-46)51-52(55(57)61)54(58(56(51)62)38-20-4-6-22-40-64-2)44-26-24-36-50(42-44)60(47-31-15-9-16-32-47)48-33-17-10-18-34-48/h7-18,23-36,41-42H,3-6,19-22,37-40H2,1-2H3. The Kier molecular flexibility index (Phi) is 14.8. The van der Waals surface area contributed by atoms with Crippen LogP contribution in [0.1, 0.15) is 62.5 Å². The number of fused-ring (bicyclic) bond motifs is 1. The second-order valence-corrected chi connectivity index (χ2v) is 16.3. The number of benzene rings is 6. The molecule has 2 aliphatic rings. The summed E-state index contributed by atoms with van der Waals surface area (Å²) in [5.74, 6) is -0.260. The molecule has 0 spiro atoms. The Hall–Kier alpha value is -6.74. The maximum atomic E-state index is 15.4. The monoisotopic (exact) mass is 850 g/mol. The fourth-order valence-corrected chi connectivity index (χ4v) is 8.95. The summed E-state index contributed by atoms with van der Waals surface area (Å²) in [4.78, 5) is 39.0. The highest BCUT2D eigenvalue weighted by Crippen LogP contribution is 2.48. The summed E-state index contributed by atoms with van der Waals surface area (Å²) in [6, 6.07) is 57.8. The molecule has 6 aromatic rings. The van der Waals surface area contributed by atoms with Crippen LogP contribution in [-0.4, -0.2) is 62.1 Å². The maximum Gasteiger partial charge on any atom is 0.261 e. The van der Waals surface area contributed by atoms with E-state index in [1.54, 1.807) is 14.2 Å². The summed E-state index contributed by atoms with van der Waals surface area (Å²) in [5, 5.41) is 0. The molecule has 8 nitrogen and oxygen atoms in total. The van der Waals surface area contributed by atoms with Gasteiger partial charge in [0.1, 0.15) is 0 Å². The van der Waals surface area contributed by atoms with Gasteiger partial charge in [-0.05, 0) is 98.5 Å². The first kappa shape index (κ1) is 43.9. The molecule has 0 aliphatic carbocycles. The zero-order valence-electron chi connectivity index (χ0n) is 37.1. The number of anilines is 6. The normalized spacial score (nSPS) is 13.6. The van der Waals surface area contributed by atoms with Gasteiger partial charge in [0.25, 0.3) is 11.8 Å². The Bertz CT molecular complexity index is 2280. The van der Waals surface area contributed by atoms with Crippen LogP contribution in [0.2, 0.25) is 0 Å². The van der Waals surface area contributed by atoms with Gasteiger partial charge in [-0.25, -0.2) is 0 Å². The molecule has 0 fully saturated rings. The number of carbonyl (C=O) groups is 2. The van der Waals surface area contributed by atoms with E-state index in [-0.39, 0.29) is 11.8 Å². The smallest absolute Gasteiger partial charge is 0.261 e.